The average Bonchev–Trinajstić information content (AvgIpc) is 2.75. The molecule has 14 heteroatoms. The van der Waals surface area contributed by atoms with Crippen molar-refractivity contribution in [2.24, 2.45) is 0 Å². The first-order valence-electron chi connectivity index (χ1n) is 10.3. The van der Waals surface area contributed by atoms with Crippen molar-refractivity contribution >= 4 is 52.2 Å². The Morgan fingerprint density at radius 2 is 1.11 bits per heavy atom. The molecule has 1 aliphatic heterocycles. The highest BCUT2D eigenvalue weighted by molar-refractivity contribution is 8.01. The molecule has 0 saturated carbocycles. The first-order chi connectivity index (χ1) is 16.1. The van der Waals surface area contributed by atoms with Gasteiger partial charge in [0.2, 0.25) is 32.9 Å². The summed E-state index contributed by atoms with van der Waals surface area (Å²) in [5.74, 6) is -12.5. The van der Waals surface area contributed by atoms with Crippen LogP contribution in [0.3, 0.4) is 0 Å². The zero-order valence-electron chi connectivity index (χ0n) is 20.6. The molecule has 198 valence electrons. The Morgan fingerprint density at radius 3 is 1.36 bits per heavy atom. The van der Waals surface area contributed by atoms with Crippen molar-refractivity contribution in [3.05, 3.63) is 0 Å². The molecule has 4 N–H and O–H groups in total. The molecule has 36 heavy (non-hydrogen) atoms. The number of hydrogen-bond donors (Lipinski definition) is 4. The lowest BCUT2D eigenvalue weighted by atomic mass is 9.49. The summed E-state index contributed by atoms with van der Waals surface area (Å²) < 4.78 is 5.54. The average molecular weight is 530 g/mol. The van der Waals surface area contributed by atoms with E-state index in [9.17, 15) is 54.0 Å². The second-order valence-electron chi connectivity index (χ2n) is 8.58. The Kier molecular flexibility index (Phi) is 8.12. The molecule has 5 atom stereocenters. The van der Waals surface area contributed by atoms with Gasteiger partial charge in [0, 0.05) is 0 Å². The van der Waals surface area contributed by atoms with Gasteiger partial charge in [-0.3, -0.25) is 33.6 Å². The minimum absolute atomic E-state index is 0.0447. The number of Topliss-reactive ketones (excluding diaryl/α,β-unsaturated/α-hetero) is 7. The van der Waals surface area contributed by atoms with Gasteiger partial charge in [-0.25, -0.2) is 0 Å². The van der Waals surface area contributed by atoms with E-state index in [2.05, 4.69) is 0 Å². The maximum absolute atomic E-state index is 13.3. The number of ketones is 7. The summed E-state index contributed by atoms with van der Waals surface area (Å²) in [6, 6.07) is 1.54. The van der Waals surface area contributed by atoms with Gasteiger partial charge in [-0.05, 0) is 48.5 Å². The van der Waals surface area contributed by atoms with Crippen LogP contribution in [0.25, 0.3) is 0 Å². The lowest BCUT2D eigenvalue weighted by Gasteiger charge is -2.66. The van der Waals surface area contributed by atoms with Crippen LogP contribution in [0.5, 0.6) is 0 Å². The Hall–Kier alpha value is -2.67. The minimum Gasteiger partial charge on any atom is -0.376 e. The standard InChI is InChI=1S/C22H27NO12S/c1-10(24)17(31,11(2)25)21(15(6)29)19(33,13(4)27)18(32,12(3)26)20(34,14(5)28)22(35-21,16(7)30)36-9-8-23/h31-34H,9H2,1-7H3/t18-,19+,20+,21+,22-/m0/s1. The Morgan fingerprint density at radius 1 is 0.722 bits per heavy atom. The fourth-order valence-electron chi connectivity index (χ4n) is 4.97. The van der Waals surface area contributed by atoms with Crippen molar-refractivity contribution in [2.45, 2.75) is 81.4 Å². The number of hydrogen-bond acceptors (Lipinski definition) is 14. The van der Waals surface area contributed by atoms with Crippen LogP contribution in [0, 0.1) is 11.3 Å². The number of nitrogens with zero attached hydrogens (tertiary/aromatic N) is 1. The van der Waals surface area contributed by atoms with Gasteiger partial charge in [-0.2, -0.15) is 5.26 Å². The molecule has 0 aromatic carbocycles. The number of aliphatic hydroxyl groups is 4. The molecule has 0 aromatic rings. The van der Waals surface area contributed by atoms with Gasteiger partial charge in [0.1, 0.15) is 0 Å². The zero-order valence-corrected chi connectivity index (χ0v) is 21.4. The molecule has 1 aliphatic rings. The zero-order chi connectivity index (χ0) is 28.9. The quantitative estimate of drug-likeness (QED) is 0.219. The molecule has 1 saturated heterocycles. The van der Waals surface area contributed by atoms with Gasteiger partial charge >= 0.3 is 0 Å². The Labute approximate surface area is 209 Å². The van der Waals surface area contributed by atoms with E-state index in [1.54, 1.807) is 6.07 Å². The van der Waals surface area contributed by atoms with Gasteiger partial charge in [-0.15, -0.1) is 11.8 Å². The molecule has 1 rings (SSSR count). The molecule has 0 bridgehead atoms. The van der Waals surface area contributed by atoms with E-state index in [-0.39, 0.29) is 11.8 Å². The van der Waals surface area contributed by atoms with Crippen LogP contribution in [0.15, 0.2) is 0 Å². The van der Waals surface area contributed by atoms with Crippen molar-refractivity contribution in [1.82, 2.24) is 0 Å². The Bertz CT molecular complexity index is 1110. The van der Waals surface area contributed by atoms with Crippen LogP contribution in [0.4, 0.5) is 0 Å². The van der Waals surface area contributed by atoms with Gasteiger partial charge < -0.3 is 25.2 Å². The molecule has 0 aliphatic carbocycles. The van der Waals surface area contributed by atoms with E-state index in [0.29, 0.717) is 48.5 Å². The monoisotopic (exact) mass is 529 g/mol. The van der Waals surface area contributed by atoms with Crippen LogP contribution in [-0.4, -0.2) is 99.6 Å². The van der Waals surface area contributed by atoms with Crippen LogP contribution >= 0.6 is 11.8 Å². The Balaban J connectivity index is 4.87. The lowest BCUT2D eigenvalue weighted by molar-refractivity contribution is -0.359. The number of rotatable bonds is 10. The number of carbonyl (C=O) groups is 7. The molecular formula is C22H27NO12S. The number of thioether (sulfide) groups is 1. The van der Waals surface area contributed by atoms with E-state index in [4.69, 9.17) is 10.00 Å². The third kappa shape index (κ3) is 3.17. The number of nitriles is 1. The smallest absolute Gasteiger partial charge is 0.220 e. The molecule has 0 unspecified atom stereocenters. The minimum atomic E-state index is -4.23. The van der Waals surface area contributed by atoms with E-state index in [1.165, 1.54) is 0 Å². The maximum atomic E-state index is 13.3. The largest absolute Gasteiger partial charge is 0.376 e. The third-order valence-corrected chi connectivity index (χ3v) is 8.03. The van der Waals surface area contributed by atoms with E-state index < -0.39 is 79.2 Å². The summed E-state index contributed by atoms with van der Waals surface area (Å²) in [4.78, 5) is 87.5. The second-order valence-corrected chi connectivity index (χ2v) is 9.73. The lowest BCUT2D eigenvalue weighted by Crippen LogP contribution is -2.97. The second kappa shape index (κ2) is 9.33. The van der Waals surface area contributed by atoms with Crippen molar-refractivity contribution in [2.75, 3.05) is 5.75 Å². The van der Waals surface area contributed by atoms with Crippen LogP contribution < -0.4 is 0 Å². The normalized spacial score (nSPS) is 34.3. The molecule has 0 amide bonds. The highest BCUT2D eigenvalue weighted by atomic mass is 32.2. The van der Waals surface area contributed by atoms with Crippen molar-refractivity contribution in [1.29, 1.82) is 5.26 Å². The molecule has 13 nitrogen and oxygen atoms in total. The van der Waals surface area contributed by atoms with Gasteiger partial charge in [0.15, 0.2) is 40.5 Å². The van der Waals surface area contributed by atoms with Crippen molar-refractivity contribution < 1.29 is 58.7 Å². The first kappa shape index (κ1) is 31.4. The fraction of sp³-hybridized carbons (Fsp3) is 0.636. The summed E-state index contributed by atoms with van der Waals surface area (Å²) in [5.41, 5.74) is -20.2. The van der Waals surface area contributed by atoms with E-state index >= 15 is 0 Å². The van der Waals surface area contributed by atoms with Crippen molar-refractivity contribution in [3.8, 4) is 6.07 Å². The molecule has 0 aromatic heterocycles. The summed E-state index contributed by atoms with van der Waals surface area (Å²) in [6.45, 7) is 3.72. The predicted molar refractivity (Wildman–Crippen MR) is 119 cm³/mol. The molecular weight excluding hydrogens is 502 g/mol. The van der Waals surface area contributed by atoms with Gasteiger partial charge in [0.25, 0.3) is 0 Å². The van der Waals surface area contributed by atoms with Crippen LogP contribution in [0.2, 0.25) is 0 Å². The fourth-order valence-corrected chi connectivity index (χ4v) is 6.13. The molecule has 1 heterocycles. The van der Waals surface area contributed by atoms with E-state index in [1.807, 2.05) is 0 Å². The van der Waals surface area contributed by atoms with Crippen LogP contribution in [0.1, 0.15) is 48.5 Å². The predicted octanol–water partition coefficient (Wildman–Crippen LogP) is -2.24. The third-order valence-electron chi connectivity index (χ3n) is 6.69. The van der Waals surface area contributed by atoms with Crippen LogP contribution in [-0.2, 0) is 38.3 Å². The molecule has 0 radical (unpaired) electrons. The highest BCUT2D eigenvalue weighted by Crippen LogP contribution is 2.62. The summed E-state index contributed by atoms with van der Waals surface area (Å²) in [6.07, 6.45) is 0. The SMILES string of the molecule is CC(=O)C(O)(C(C)=O)[C@@]1(C(C)=O)O[C@](SCC#N)(C(C)=O)[C@@](O)(C(C)=O)[C@](O)(C(C)=O)[C@]1(O)C(C)=O. The first-order valence-corrected chi connectivity index (χ1v) is 11.3. The summed E-state index contributed by atoms with van der Waals surface area (Å²) in [7, 11) is 0. The highest BCUT2D eigenvalue weighted by Gasteiger charge is 2.92. The molecule has 0 spiro atoms. The summed E-state index contributed by atoms with van der Waals surface area (Å²) >= 11 is -0.0447. The van der Waals surface area contributed by atoms with Gasteiger partial charge in [-0.1, -0.05) is 0 Å². The van der Waals surface area contributed by atoms with Gasteiger partial charge in [0.05, 0.1) is 11.8 Å². The maximum Gasteiger partial charge on any atom is 0.220 e. The summed E-state index contributed by atoms with van der Waals surface area (Å²) in [5, 5.41) is 56.0. The molecule has 1 fully saturated rings. The topological polar surface area (TPSA) is 233 Å². The van der Waals surface area contributed by atoms with Crippen molar-refractivity contribution in [3.63, 3.8) is 0 Å². The number of carbonyl (C=O) groups excluding carboxylic acids is 7. The number of ether oxygens (including phenoxy) is 1. The van der Waals surface area contributed by atoms with E-state index in [0.717, 1.165) is 0 Å².